The van der Waals surface area contributed by atoms with Gasteiger partial charge in [-0.15, -0.1) is 0 Å². The van der Waals surface area contributed by atoms with E-state index in [9.17, 15) is 18.0 Å². The first-order chi connectivity index (χ1) is 9.80. The Morgan fingerprint density at radius 1 is 1.10 bits per heavy atom. The van der Waals surface area contributed by atoms with Gasteiger partial charge in [0.05, 0.1) is 21.2 Å². The predicted molar refractivity (Wildman–Crippen MR) is 73.8 cm³/mol. The van der Waals surface area contributed by atoms with Crippen LogP contribution >= 0.6 is 23.2 Å². The first-order valence-electron chi connectivity index (χ1n) is 6.57. The van der Waals surface area contributed by atoms with Crippen LogP contribution in [0, 0.1) is 0 Å². The molecule has 116 valence electrons. The highest BCUT2D eigenvalue weighted by molar-refractivity contribution is 6.44. The average Bonchev–Trinajstić information content (AvgIpc) is 2.41. The van der Waals surface area contributed by atoms with E-state index in [0.717, 1.165) is 44.2 Å². The molecule has 2 nitrogen and oxygen atoms in total. The predicted octanol–water partition coefficient (Wildman–Crippen LogP) is 5.50. The van der Waals surface area contributed by atoms with Crippen molar-refractivity contribution in [2.24, 2.45) is 0 Å². The highest BCUT2D eigenvalue weighted by Gasteiger charge is 2.35. The van der Waals surface area contributed by atoms with Crippen molar-refractivity contribution >= 4 is 29.2 Å². The second-order valence-corrected chi connectivity index (χ2v) is 5.71. The molecule has 0 heterocycles. The Hall–Kier alpha value is -0.940. The molecular weight excluding hydrogens is 328 g/mol. The number of carbonyl (C=O) groups excluding carboxylic acids is 1. The van der Waals surface area contributed by atoms with Crippen LogP contribution in [0.25, 0.3) is 0 Å². The van der Waals surface area contributed by atoms with Gasteiger partial charge in [0.1, 0.15) is 6.10 Å². The summed E-state index contributed by atoms with van der Waals surface area (Å²) in [5, 5.41) is -1.10. The topological polar surface area (TPSA) is 26.3 Å². The average molecular weight is 341 g/mol. The van der Waals surface area contributed by atoms with E-state index in [1.165, 1.54) is 0 Å². The lowest BCUT2D eigenvalue weighted by molar-refractivity contribution is -0.137. The molecule has 0 atom stereocenters. The molecule has 7 heteroatoms. The lowest BCUT2D eigenvalue weighted by Gasteiger charge is -2.22. The Labute approximate surface area is 130 Å². The molecule has 0 amide bonds. The summed E-state index contributed by atoms with van der Waals surface area (Å²) >= 11 is 11.4. The maximum Gasteiger partial charge on any atom is 0.417 e. The monoisotopic (exact) mass is 340 g/mol. The van der Waals surface area contributed by atoms with Gasteiger partial charge in [-0.2, -0.15) is 13.2 Å². The van der Waals surface area contributed by atoms with E-state index >= 15 is 0 Å². The largest absolute Gasteiger partial charge is 0.459 e. The van der Waals surface area contributed by atoms with E-state index in [1.54, 1.807) is 0 Å². The number of esters is 1. The molecule has 0 unspecified atom stereocenters. The third-order valence-electron chi connectivity index (χ3n) is 3.43. The maximum absolute atomic E-state index is 12.7. The normalized spacial score (nSPS) is 16.8. The lowest BCUT2D eigenvalue weighted by Crippen LogP contribution is -2.21. The highest BCUT2D eigenvalue weighted by atomic mass is 35.5. The van der Waals surface area contributed by atoms with Gasteiger partial charge in [0.25, 0.3) is 0 Å². The molecule has 0 aliphatic heterocycles. The molecule has 1 saturated carbocycles. The fraction of sp³-hybridized carbons (Fsp3) is 0.500. The maximum atomic E-state index is 12.7. The van der Waals surface area contributed by atoms with Gasteiger partial charge < -0.3 is 4.74 Å². The van der Waals surface area contributed by atoms with Gasteiger partial charge in [0.15, 0.2) is 0 Å². The molecular formula is C14H13Cl2F3O2. The Balaban J connectivity index is 2.20. The van der Waals surface area contributed by atoms with Gasteiger partial charge >= 0.3 is 12.1 Å². The van der Waals surface area contributed by atoms with E-state index in [1.807, 2.05) is 0 Å². The van der Waals surface area contributed by atoms with Crippen LogP contribution in [0.2, 0.25) is 10.0 Å². The summed E-state index contributed by atoms with van der Waals surface area (Å²) in [6.45, 7) is 0. The second kappa shape index (κ2) is 6.44. The van der Waals surface area contributed by atoms with E-state index in [0.29, 0.717) is 0 Å². The minimum atomic E-state index is -4.62. The summed E-state index contributed by atoms with van der Waals surface area (Å²) in [7, 11) is 0. The Morgan fingerprint density at radius 2 is 1.71 bits per heavy atom. The first-order valence-corrected chi connectivity index (χ1v) is 7.32. The summed E-state index contributed by atoms with van der Waals surface area (Å²) < 4.78 is 43.3. The summed E-state index contributed by atoms with van der Waals surface area (Å²) in [6, 6.07) is 1.74. The van der Waals surface area contributed by atoms with Crippen LogP contribution in [0.5, 0.6) is 0 Å². The van der Waals surface area contributed by atoms with Crippen molar-refractivity contribution in [3.63, 3.8) is 0 Å². The van der Waals surface area contributed by atoms with E-state index in [4.69, 9.17) is 27.9 Å². The SMILES string of the molecule is O=C(OC1CCCCC1)c1ccc(C(F)(F)F)c(Cl)c1Cl. The molecule has 1 fully saturated rings. The van der Waals surface area contributed by atoms with Gasteiger partial charge in [-0.1, -0.05) is 29.6 Å². The third-order valence-corrected chi connectivity index (χ3v) is 4.32. The number of hydrogen-bond acceptors (Lipinski definition) is 2. The van der Waals surface area contributed by atoms with Crippen molar-refractivity contribution in [3.05, 3.63) is 33.3 Å². The first kappa shape index (κ1) is 16.4. The second-order valence-electron chi connectivity index (χ2n) is 4.95. The molecule has 0 saturated heterocycles. The van der Waals surface area contributed by atoms with Crippen LogP contribution < -0.4 is 0 Å². The zero-order valence-electron chi connectivity index (χ0n) is 11.0. The number of hydrogen-bond donors (Lipinski definition) is 0. The van der Waals surface area contributed by atoms with Crippen molar-refractivity contribution in [3.8, 4) is 0 Å². The summed E-state index contributed by atoms with van der Waals surface area (Å²) in [5.74, 6) is -0.734. The van der Waals surface area contributed by atoms with Gasteiger partial charge in [0.2, 0.25) is 0 Å². The zero-order chi connectivity index (χ0) is 15.6. The standard InChI is InChI=1S/C14H13Cl2F3O2/c15-11-9(6-7-10(12(11)16)14(17,18)19)13(20)21-8-4-2-1-3-5-8/h6-8H,1-5H2. The molecule has 1 aromatic carbocycles. The van der Waals surface area contributed by atoms with Gasteiger partial charge in [-0.25, -0.2) is 4.79 Å². The Kier molecular flexibility index (Phi) is 5.04. The number of carbonyl (C=O) groups is 1. The van der Waals surface area contributed by atoms with Crippen LogP contribution in [-0.4, -0.2) is 12.1 Å². The molecule has 0 spiro atoms. The molecule has 0 aromatic heterocycles. The molecule has 1 aliphatic rings. The molecule has 0 N–H and O–H groups in total. The lowest BCUT2D eigenvalue weighted by atomic mass is 9.98. The smallest absolute Gasteiger partial charge is 0.417 e. The quantitative estimate of drug-likeness (QED) is 0.664. The van der Waals surface area contributed by atoms with E-state index in [2.05, 4.69) is 0 Å². The Morgan fingerprint density at radius 3 is 2.29 bits per heavy atom. The van der Waals surface area contributed by atoms with Crippen LogP contribution in [0.15, 0.2) is 12.1 Å². The van der Waals surface area contributed by atoms with E-state index < -0.39 is 27.8 Å². The van der Waals surface area contributed by atoms with Gasteiger partial charge in [-0.05, 0) is 37.8 Å². The van der Waals surface area contributed by atoms with Crippen molar-refractivity contribution in [2.75, 3.05) is 0 Å². The summed E-state index contributed by atoms with van der Waals surface area (Å²) in [5.41, 5.74) is -1.20. The number of ether oxygens (including phenoxy) is 1. The fourth-order valence-corrected chi connectivity index (χ4v) is 2.84. The molecule has 0 bridgehead atoms. The van der Waals surface area contributed by atoms with Crippen molar-refractivity contribution < 1.29 is 22.7 Å². The Bertz CT molecular complexity index is 538. The molecule has 0 radical (unpaired) electrons. The fourth-order valence-electron chi connectivity index (χ4n) is 2.32. The summed E-state index contributed by atoms with van der Waals surface area (Å²) in [4.78, 5) is 12.0. The van der Waals surface area contributed by atoms with Crippen molar-refractivity contribution in [1.82, 2.24) is 0 Å². The van der Waals surface area contributed by atoms with Crippen LogP contribution in [-0.2, 0) is 10.9 Å². The van der Waals surface area contributed by atoms with Gasteiger partial charge in [-0.3, -0.25) is 0 Å². The number of benzene rings is 1. The zero-order valence-corrected chi connectivity index (χ0v) is 12.5. The van der Waals surface area contributed by atoms with Crippen molar-refractivity contribution in [1.29, 1.82) is 0 Å². The number of alkyl halides is 3. The molecule has 1 aromatic rings. The molecule has 21 heavy (non-hydrogen) atoms. The minimum Gasteiger partial charge on any atom is -0.459 e. The highest BCUT2D eigenvalue weighted by Crippen LogP contribution is 2.39. The van der Waals surface area contributed by atoms with Crippen LogP contribution in [0.4, 0.5) is 13.2 Å². The summed E-state index contributed by atoms with van der Waals surface area (Å²) in [6.07, 6.45) is -0.259. The molecule has 2 rings (SSSR count). The van der Waals surface area contributed by atoms with E-state index in [-0.39, 0.29) is 11.7 Å². The van der Waals surface area contributed by atoms with Crippen molar-refractivity contribution in [2.45, 2.75) is 44.4 Å². The van der Waals surface area contributed by atoms with Gasteiger partial charge in [0, 0.05) is 0 Å². The minimum absolute atomic E-state index is 0.139. The van der Waals surface area contributed by atoms with Crippen LogP contribution in [0.3, 0.4) is 0 Å². The number of rotatable bonds is 2. The molecule has 1 aliphatic carbocycles. The number of halogens is 5. The third kappa shape index (κ3) is 3.83. The van der Waals surface area contributed by atoms with Crippen LogP contribution in [0.1, 0.15) is 48.0 Å².